The van der Waals surface area contributed by atoms with Crippen molar-refractivity contribution >= 4 is 29.0 Å². The van der Waals surface area contributed by atoms with Gasteiger partial charge in [0.2, 0.25) is 0 Å². The smallest absolute Gasteiger partial charge is 0.433 e. The number of halogens is 4. The third-order valence-corrected chi connectivity index (χ3v) is 5.75. The van der Waals surface area contributed by atoms with E-state index in [1.165, 1.54) is 19.4 Å². The summed E-state index contributed by atoms with van der Waals surface area (Å²) in [6.07, 6.45) is -3.21. The molecular weight excluding hydrogens is 509 g/mol. The molecule has 3 heterocycles. The highest BCUT2D eigenvalue weighted by atomic mass is 35.5. The Hall–Kier alpha value is -4.38. The number of rotatable bonds is 6. The van der Waals surface area contributed by atoms with Gasteiger partial charge in [0.15, 0.2) is 22.9 Å². The monoisotopic (exact) mass is 526 g/mol. The molecule has 0 saturated carbocycles. The molecule has 3 aromatic heterocycles. The average Bonchev–Trinajstić information content (AvgIpc) is 3.46. The van der Waals surface area contributed by atoms with Crippen LogP contribution < -0.4 is 10.1 Å². The van der Waals surface area contributed by atoms with E-state index in [-0.39, 0.29) is 27.9 Å². The topological polar surface area (TPSA) is 86.3 Å². The maximum absolute atomic E-state index is 13.9. The summed E-state index contributed by atoms with van der Waals surface area (Å²) in [6, 6.07) is 18.0. The molecule has 5 rings (SSSR count). The number of hydrogen-bond donors (Lipinski definition) is 1. The van der Waals surface area contributed by atoms with Gasteiger partial charge in [-0.2, -0.15) is 23.4 Å². The minimum Gasteiger partial charge on any atom is -0.497 e. The van der Waals surface area contributed by atoms with Gasteiger partial charge in [0.25, 0.3) is 5.91 Å². The number of amides is 1. The molecule has 1 amide bonds. The Morgan fingerprint density at radius 2 is 1.78 bits per heavy atom. The molecule has 0 aliphatic rings. The van der Waals surface area contributed by atoms with Crippen molar-refractivity contribution in [3.63, 3.8) is 0 Å². The first kappa shape index (κ1) is 24.3. The molecule has 8 nitrogen and oxygen atoms in total. The minimum absolute atomic E-state index is 0.0579. The van der Waals surface area contributed by atoms with Crippen LogP contribution in [0.1, 0.15) is 21.7 Å². The summed E-state index contributed by atoms with van der Waals surface area (Å²) in [5, 5.41) is 10.8. The molecule has 12 heteroatoms. The van der Waals surface area contributed by atoms with Crippen molar-refractivity contribution in [1.29, 1.82) is 0 Å². The maximum atomic E-state index is 13.9. The molecule has 0 aliphatic heterocycles. The molecule has 37 heavy (non-hydrogen) atoms. The van der Waals surface area contributed by atoms with E-state index in [0.717, 1.165) is 11.6 Å². The lowest BCUT2D eigenvalue weighted by atomic mass is 10.1. The maximum Gasteiger partial charge on any atom is 0.433 e. The lowest BCUT2D eigenvalue weighted by molar-refractivity contribution is -0.142. The van der Waals surface area contributed by atoms with Gasteiger partial charge in [0.05, 0.1) is 19.3 Å². The van der Waals surface area contributed by atoms with Gasteiger partial charge < -0.3 is 10.1 Å². The van der Waals surface area contributed by atoms with Crippen LogP contribution in [0.25, 0.3) is 16.9 Å². The van der Waals surface area contributed by atoms with E-state index in [4.69, 9.17) is 16.3 Å². The third-order valence-electron chi connectivity index (χ3n) is 5.47. The fourth-order valence-electron chi connectivity index (χ4n) is 3.70. The molecule has 5 aromatic rings. The fourth-order valence-corrected chi connectivity index (χ4v) is 3.90. The fraction of sp³-hybridized carbons (Fsp3) is 0.120. The molecule has 0 spiro atoms. The highest BCUT2D eigenvalue weighted by molar-refractivity contribution is 6.33. The summed E-state index contributed by atoms with van der Waals surface area (Å²) in [5.74, 6) is -0.173. The number of aromatic nitrogens is 5. The first-order chi connectivity index (χ1) is 17.7. The highest BCUT2D eigenvalue weighted by Crippen LogP contribution is 2.33. The van der Waals surface area contributed by atoms with Gasteiger partial charge in [-0.15, -0.1) is 0 Å². The van der Waals surface area contributed by atoms with Gasteiger partial charge in [-0.1, -0.05) is 41.9 Å². The summed E-state index contributed by atoms with van der Waals surface area (Å²) in [5.41, 5.74) is -0.0234. The quantitative estimate of drug-likeness (QED) is 0.312. The molecule has 0 bridgehead atoms. The number of ether oxygens (including phenoxy) is 1. The first-order valence-corrected chi connectivity index (χ1v) is 11.3. The summed E-state index contributed by atoms with van der Waals surface area (Å²) in [4.78, 5) is 17.2. The molecule has 0 saturated heterocycles. The second-order valence-electron chi connectivity index (χ2n) is 8.02. The normalized spacial score (nSPS) is 11.6. The van der Waals surface area contributed by atoms with Crippen LogP contribution >= 0.6 is 11.6 Å². The SMILES string of the molecule is COc1ccc(-c2cc(C(F)(F)F)n3nc(C(=O)Nc4nn(Cc5ccccc5)cc4Cl)cc3n2)cc1. The predicted octanol–water partition coefficient (Wildman–Crippen LogP) is 5.57. The lowest BCUT2D eigenvalue weighted by Gasteiger charge is -2.11. The van der Waals surface area contributed by atoms with Crippen molar-refractivity contribution in [2.75, 3.05) is 12.4 Å². The van der Waals surface area contributed by atoms with Crippen molar-refractivity contribution in [2.45, 2.75) is 12.7 Å². The summed E-state index contributed by atoms with van der Waals surface area (Å²) in [6.45, 7) is 0.414. The van der Waals surface area contributed by atoms with Gasteiger partial charge in [-0.25, -0.2) is 9.50 Å². The Balaban J connectivity index is 1.45. The van der Waals surface area contributed by atoms with E-state index in [1.807, 2.05) is 30.3 Å². The average molecular weight is 527 g/mol. The second-order valence-corrected chi connectivity index (χ2v) is 8.42. The van der Waals surface area contributed by atoms with Crippen LogP contribution in [-0.4, -0.2) is 37.4 Å². The molecule has 0 unspecified atom stereocenters. The Bertz CT molecular complexity index is 1580. The van der Waals surface area contributed by atoms with E-state index in [1.54, 1.807) is 28.9 Å². The molecule has 0 aliphatic carbocycles. The van der Waals surface area contributed by atoms with Gasteiger partial charge in [0, 0.05) is 17.8 Å². The zero-order valence-electron chi connectivity index (χ0n) is 19.2. The van der Waals surface area contributed by atoms with E-state index in [2.05, 4.69) is 20.5 Å². The lowest BCUT2D eigenvalue weighted by Crippen LogP contribution is -2.16. The van der Waals surface area contributed by atoms with Crippen LogP contribution in [0.3, 0.4) is 0 Å². The van der Waals surface area contributed by atoms with Gasteiger partial charge >= 0.3 is 6.18 Å². The number of carbonyl (C=O) groups is 1. The molecule has 0 fully saturated rings. The Kier molecular flexibility index (Phi) is 6.30. The van der Waals surface area contributed by atoms with E-state index in [0.29, 0.717) is 22.4 Å². The zero-order valence-corrected chi connectivity index (χ0v) is 20.0. The van der Waals surface area contributed by atoms with Gasteiger partial charge in [-0.3, -0.25) is 9.48 Å². The van der Waals surface area contributed by atoms with Crippen LogP contribution in [0, 0.1) is 0 Å². The zero-order chi connectivity index (χ0) is 26.2. The molecule has 1 N–H and O–H groups in total. The largest absolute Gasteiger partial charge is 0.497 e. The molecule has 0 radical (unpaired) electrons. The number of benzene rings is 2. The molecule has 0 atom stereocenters. The number of nitrogens with one attached hydrogen (secondary N) is 1. The van der Waals surface area contributed by atoms with Crippen LogP contribution in [0.4, 0.5) is 19.0 Å². The number of methoxy groups -OCH3 is 1. The molecular formula is C25H18ClF3N6O2. The Labute approximate surface area is 213 Å². The van der Waals surface area contributed by atoms with Gasteiger partial charge in [0.1, 0.15) is 10.8 Å². The van der Waals surface area contributed by atoms with Crippen LogP contribution in [0.15, 0.2) is 72.9 Å². The van der Waals surface area contributed by atoms with Crippen LogP contribution in [0.5, 0.6) is 5.75 Å². The van der Waals surface area contributed by atoms with Crippen molar-refractivity contribution in [2.24, 2.45) is 0 Å². The number of fused-ring (bicyclic) bond motifs is 1. The highest BCUT2D eigenvalue weighted by Gasteiger charge is 2.35. The summed E-state index contributed by atoms with van der Waals surface area (Å²) in [7, 11) is 1.49. The Morgan fingerprint density at radius 1 is 1.05 bits per heavy atom. The number of nitrogens with zero attached hydrogens (tertiary/aromatic N) is 5. The Morgan fingerprint density at radius 3 is 2.46 bits per heavy atom. The molecule has 188 valence electrons. The summed E-state index contributed by atoms with van der Waals surface area (Å²) < 4.78 is 48.9. The number of carbonyl (C=O) groups excluding carboxylic acids is 1. The van der Waals surface area contributed by atoms with E-state index < -0.39 is 17.8 Å². The van der Waals surface area contributed by atoms with E-state index in [9.17, 15) is 18.0 Å². The van der Waals surface area contributed by atoms with Crippen molar-refractivity contribution in [3.05, 3.63) is 94.9 Å². The van der Waals surface area contributed by atoms with Crippen LogP contribution in [-0.2, 0) is 12.7 Å². The predicted molar refractivity (Wildman–Crippen MR) is 131 cm³/mol. The van der Waals surface area contributed by atoms with Crippen molar-refractivity contribution < 1.29 is 22.7 Å². The summed E-state index contributed by atoms with van der Waals surface area (Å²) >= 11 is 6.22. The first-order valence-electron chi connectivity index (χ1n) is 10.9. The van der Waals surface area contributed by atoms with Gasteiger partial charge in [-0.05, 0) is 35.9 Å². The second kappa shape index (κ2) is 9.58. The minimum atomic E-state index is -4.75. The standard InChI is InChI=1S/C25H18ClF3N6O2/c1-37-17-9-7-16(8-10-17)19-11-21(25(27,28)29)35-22(30-19)12-20(32-35)24(36)31-23-18(26)14-34(33-23)13-15-5-3-2-4-6-15/h2-12,14H,13H2,1H3,(H,31,33,36). The third kappa shape index (κ3) is 5.12. The van der Waals surface area contributed by atoms with Crippen LogP contribution in [0.2, 0.25) is 5.02 Å². The van der Waals surface area contributed by atoms with Crippen molar-refractivity contribution in [1.82, 2.24) is 24.4 Å². The number of anilines is 1. The van der Waals surface area contributed by atoms with Crippen molar-refractivity contribution in [3.8, 4) is 17.0 Å². The number of hydrogen-bond acceptors (Lipinski definition) is 5. The van der Waals surface area contributed by atoms with E-state index >= 15 is 0 Å². The molecule has 2 aromatic carbocycles. The number of alkyl halides is 3.